The van der Waals surface area contributed by atoms with E-state index in [1.807, 2.05) is 42.5 Å². The summed E-state index contributed by atoms with van der Waals surface area (Å²) in [6.45, 7) is 0.828. The number of hydrogen-bond acceptors (Lipinski definition) is 2. The van der Waals surface area contributed by atoms with Gasteiger partial charge in [-0.3, -0.25) is 4.79 Å². The maximum Gasteiger partial charge on any atom is 0.237 e. The zero-order chi connectivity index (χ0) is 14.4. The van der Waals surface area contributed by atoms with Crippen LogP contribution in [0.3, 0.4) is 0 Å². The van der Waals surface area contributed by atoms with Crippen LogP contribution in [0.5, 0.6) is 0 Å². The molecule has 2 atom stereocenters. The molecule has 1 saturated heterocycles. The van der Waals surface area contributed by atoms with Gasteiger partial charge in [0.1, 0.15) is 0 Å². The average molecular weight is 299 g/mol. The second-order valence-electron chi connectivity index (χ2n) is 5.66. The van der Waals surface area contributed by atoms with Gasteiger partial charge in [0, 0.05) is 10.7 Å². The molecule has 21 heavy (non-hydrogen) atoms. The smallest absolute Gasteiger partial charge is 0.237 e. The molecule has 1 spiro atoms. The number of halogens is 1. The van der Waals surface area contributed by atoms with E-state index in [-0.39, 0.29) is 11.9 Å². The highest BCUT2D eigenvalue weighted by molar-refractivity contribution is 6.30. The third-order valence-electron chi connectivity index (χ3n) is 4.63. The summed E-state index contributed by atoms with van der Waals surface area (Å²) in [4.78, 5) is 12.7. The van der Waals surface area contributed by atoms with Crippen molar-refractivity contribution in [1.82, 2.24) is 5.32 Å². The van der Waals surface area contributed by atoms with Gasteiger partial charge in [-0.1, -0.05) is 41.9 Å². The number of fused-ring (bicyclic) bond motifs is 2. The quantitative estimate of drug-likeness (QED) is 0.848. The molecule has 0 unspecified atom stereocenters. The van der Waals surface area contributed by atoms with Crippen molar-refractivity contribution in [3.63, 3.8) is 0 Å². The summed E-state index contributed by atoms with van der Waals surface area (Å²) in [6.07, 6.45) is 0.809. The minimum Gasteiger partial charge on any atom is -0.325 e. The summed E-state index contributed by atoms with van der Waals surface area (Å²) in [5.41, 5.74) is 2.62. The summed E-state index contributed by atoms with van der Waals surface area (Å²) in [5.74, 6) is 0.0913. The Morgan fingerprint density at radius 2 is 1.86 bits per heavy atom. The predicted octanol–water partition coefficient (Wildman–Crippen LogP) is 3.26. The highest BCUT2D eigenvalue weighted by Crippen LogP contribution is 2.50. The van der Waals surface area contributed by atoms with Gasteiger partial charge in [-0.15, -0.1) is 0 Å². The van der Waals surface area contributed by atoms with Crippen LogP contribution in [0.2, 0.25) is 5.02 Å². The molecule has 1 amide bonds. The van der Waals surface area contributed by atoms with Crippen LogP contribution in [0.4, 0.5) is 5.69 Å². The first-order valence-corrected chi connectivity index (χ1v) is 7.49. The molecule has 2 aromatic carbocycles. The third kappa shape index (κ3) is 1.74. The number of hydrogen-bond donors (Lipinski definition) is 2. The zero-order valence-corrected chi connectivity index (χ0v) is 12.2. The van der Waals surface area contributed by atoms with Crippen molar-refractivity contribution in [1.29, 1.82) is 0 Å². The van der Waals surface area contributed by atoms with E-state index in [9.17, 15) is 4.79 Å². The first kappa shape index (κ1) is 12.9. The summed E-state index contributed by atoms with van der Waals surface area (Å²) in [6, 6.07) is 15.7. The van der Waals surface area contributed by atoms with Gasteiger partial charge in [0.2, 0.25) is 5.91 Å². The maximum atomic E-state index is 12.7. The molecular weight excluding hydrogens is 284 g/mol. The summed E-state index contributed by atoms with van der Waals surface area (Å²) in [5, 5.41) is 7.24. The van der Waals surface area contributed by atoms with Gasteiger partial charge < -0.3 is 10.6 Å². The second-order valence-corrected chi connectivity index (χ2v) is 6.10. The van der Waals surface area contributed by atoms with E-state index in [0.29, 0.717) is 5.02 Å². The SMILES string of the molecule is O=C1Nc2ccccc2[C@@]12CCN[C@@H]2c1ccc(Cl)cc1. The fourth-order valence-electron chi connectivity index (χ4n) is 3.66. The lowest BCUT2D eigenvalue weighted by molar-refractivity contribution is -0.121. The monoisotopic (exact) mass is 298 g/mol. The zero-order valence-electron chi connectivity index (χ0n) is 11.4. The van der Waals surface area contributed by atoms with Crippen molar-refractivity contribution in [2.24, 2.45) is 0 Å². The molecule has 106 valence electrons. The Bertz CT molecular complexity index is 713. The van der Waals surface area contributed by atoms with Gasteiger partial charge in [0.15, 0.2) is 0 Å². The largest absolute Gasteiger partial charge is 0.325 e. The predicted molar refractivity (Wildman–Crippen MR) is 83.6 cm³/mol. The van der Waals surface area contributed by atoms with E-state index in [1.54, 1.807) is 0 Å². The number of nitrogens with one attached hydrogen (secondary N) is 2. The van der Waals surface area contributed by atoms with Crippen LogP contribution >= 0.6 is 11.6 Å². The van der Waals surface area contributed by atoms with Crippen LogP contribution in [-0.4, -0.2) is 12.5 Å². The van der Waals surface area contributed by atoms with Gasteiger partial charge in [0.05, 0.1) is 11.5 Å². The Balaban J connectivity index is 1.86. The molecule has 4 rings (SSSR count). The van der Waals surface area contributed by atoms with E-state index < -0.39 is 5.41 Å². The van der Waals surface area contributed by atoms with E-state index in [1.165, 1.54) is 0 Å². The molecule has 0 aromatic heterocycles. The minimum atomic E-state index is -0.510. The number of carbonyl (C=O) groups is 1. The van der Waals surface area contributed by atoms with Crippen molar-refractivity contribution >= 4 is 23.2 Å². The number of carbonyl (C=O) groups excluding carboxylic acids is 1. The normalized spacial score (nSPS) is 26.9. The molecular formula is C17H15ClN2O. The summed E-state index contributed by atoms with van der Waals surface area (Å²) >= 11 is 5.98. The molecule has 2 heterocycles. The number of para-hydroxylation sites is 1. The van der Waals surface area contributed by atoms with E-state index in [0.717, 1.165) is 29.8 Å². The van der Waals surface area contributed by atoms with Crippen LogP contribution in [0.1, 0.15) is 23.6 Å². The minimum absolute atomic E-state index is 0.0154. The summed E-state index contributed by atoms with van der Waals surface area (Å²) in [7, 11) is 0. The fraction of sp³-hybridized carbons (Fsp3) is 0.235. The molecule has 2 aliphatic heterocycles. The number of anilines is 1. The molecule has 4 heteroatoms. The number of benzene rings is 2. The van der Waals surface area contributed by atoms with Crippen LogP contribution < -0.4 is 10.6 Å². The Morgan fingerprint density at radius 1 is 1.10 bits per heavy atom. The molecule has 0 bridgehead atoms. The molecule has 1 fully saturated rings. The van der Waals surface area contributed by atoms with E-state index in [4.69, 9.17) is 11.6 Å². The highest BCUT2D eigenvalue weighted by Gasteiger charge is 2.55. The summed E-state index contributed by atoms with van der Waals surface area (Å²) < 4.78 is 0. The van der Waals surface area contributed by atoms with Crippen LogP contribution in [-0.2, 0) is 10.2 Å². The van der Waals surface area contributed by atoms with Crippen molar-refractivity contribution in [2.75, 3.05) is 11.9 Å². The average Bonchev–Trinajstić information content (AvgIpc) is 3.05. The van der Waals surface area contributed by atoms with Gasteiger partial charge in [-0.05, 0) is 42.3 Å². The third-order valence-corrected chi connectivity index (χ3v) is 4.88. The van der Waals surface area contributed by atoms with Gasteiger partial charge >= 0.3 is 0 Å². The van der Waals surface area contributed by atoms with Crippen LogP contribution in [0, 0.1) is 0 Å². The van der Waals surface area contributed by atoms with Crippen LogP contribution in [0.25, 0.3) is 0 Å². The van der Waals surface area contributed by atoms with E-state index in [2.05, 4.69) is 16.7 Å². The Morgan fingerprint density at radius 3 is 2.67 bits per heavy atom. The van der Waals surface area contributed by atoms with Gasteiger partial charge in [0.25, 0.3) is 0 Å². The lowest BCUT2D eigenvalue weighted by Crippen LogP contribution is -2.39. The van der Waals surface area contributed by atoms with Crippen LogP contribution in [0.15, 0.2) is 48.5 Å². The first-order valence-electron chi connectivity index (χ1n) is 7.11. The molecule has 2 N–H and O–H groups in total. The molecule has 0 radical (unpaired) electrons. The molecule has 0 saturated carbocycles. The topological polar surface area (TPSA) is 41.1 Å². The molecule has 0 aliphatic carbocycles. The molecule has 3 nitrogen and oxygen atoms in total. The lowest BCUT2D eigenvalue weighted by atomic mass is 9.73. The lowest BCUT2D eigenvalue weighted by Gasteiger charge is -2.29. The highest BCUT2D eigenvalue weighted by atomic mass is 35.5. The maximum absolute atomic E-state index is 12.7. The Labute approximate surface area is 128 Å². The van der Waals surface area contributed by atoms with Crippen molar-refractivity contribution < 1.29 is 4.79 Å². The van der Waals surface area contributed by atoms with E-state index >= 15 is 0 Å². The Hall–Kier alpha value is -1.84. The molecule has 2 aliphatic rings. The molecule has 2 aromatic rings. The van der Waals surface area contributed by atoms with Gasteiger partial charge in [-0.2, -0.15) is 0 Å². The van der Waals surface area contributed by atoms with Crippen molar-refractivity contribution in [3.05, 3.63) is 64.7 Å². The number of rotatable bonds is 1. The second kappa shape index (κ2) is 4.58. The Kier molecular flexibility index (Phi) is 2.81. The fourth-order valence-corrected chi connectivity index (χ4v) is 3.79. The first-order chi connectivity index (χ1) is 10.2. The standard InChI is InChI=1S/C17H15ClN2O/c18-12-7-5-11(6-8-12)15-17(9-10-19-15)13-3-1-2-4-14(13)20-16(17)21/h1-8,15,19H,9-10H2,(H,20,21)/t15-,17-/m1/s1. The van der Waals surface area contributed by atoms with Crippen molar-refractivity contribution in [2.45, 2.75) is 17.9 Å². The van der Waals surface area contributed by atoms with Crippen molar-refractivity contribution in [3.8, 4) is 0 Å². The van der Waals surface area contributed by atoms with Gasteiger partial charge in [-0.25, -0.2) is 0 Å². The number of amides is 1.